The van der Waals surface area contributed by atoms with Crippen molar-refractivity contribution in [3.8, 4) is 0 Å². The van der Waals surface area contributed by atoms with Gasteiger partial charge in [-0.05, 0) is 25.1 Å². The maximum atomic E-state index is 12.6. The summed E-state index contributed by atoms with van der Waals surface area (Å²) in [5.74, 6) is 0.114. The van der Waals surface area contributed by atoms with Crippen LogP contribution in [0.1, 0.15) is 31.9 Å². The van der Waals surface area contributed by atoms with E-state index in [-0.39, 0.29) is 5.82 Å². The van der Waals surface area contributed by atoms with Crippen LogP contribution >= 0.6 is 0 Å². The molecule has 0 bridgehead atoms. The Labute approximate surface area is 84.6 Å². The molecule has 0 fully saturated rings. The van der Waals surface area contributed by atoms with Crippen molar-refractivity contribution in [2.24, 2.45) is 0 Å². The molecule has 14 heavy (non-hydrogen) atoms. The molecule has 1 aromatic rings. The molecular weight excluding hydrogens is 179 g/mol. The summed E-state index contributed by atoms with van der Waals surface area (Å²) in [6.07, 6.45) is 2.30. The SMILES string of the molecule is CCNCC(CC)c1ccc(F)cn1. The third kappa shape index (κ3) is 3.07. The zero-order valence-corrected chi connectivity index (χ0v) is 8.76. The van der Waals surface area contributed by atoms with E-state index < -0.39 is 0 Å². The van der Waals surface area contributed by atoms with Crippen molar-refractivity contribution in [2.75, 3.05) is 13.1 Å². The van der Waals surface area contributed by atoms with Gasteiger partial charge in [0.05, 0.1) is 6.20 Å². The smallest absolute Gasteiger partial charge is 0.141 e. The Balaban J connectivity index is 2.64. The molecule has 1 N–H and O–H groups in total. The second-order valence-corrected chi connectivity index (χ2v) is 3.31. The second-order valence-electron chi connectivity index (χ2n) is 3.31. The van der Waals surface area contributed by atoms with Crippen LogP contribution in [0.5, 0.6) is 0 Å². The first-order chi connectivity index (χ1) is 6.77. The summed E-state index contributed by atoms with van der Waals surface area (Å²) in [6, 6.07) is 3.23. The number of nitrogens with zero attached hydrogens (tertiary/aromatic N) is 1. The number of hydrogen-bond acceptors (Lipinski definition) is 2. The second kappa shape index (κ2) is 5.70. The lowest BCUT2D eigenvalue weighted by atomic mass is 10.0. The van der Waals surface area contributed by atoms with Gasteiger partial charge in [0, 0.05) is 18.2 Å². The van der Waals surface area contributed by atoms with Crippen LogP contribution in [0.4, 0.5) is 4.39 Å². The zero-order chi connectivity index (χ0) is 10.4. The number of nitrogens with one attached hydrogen (secondary N) is 1. The standard InChI is InChI=1S/C11H17FN2/c1-3-9(7-13-4-2)11-6-5-10(12)8-14-11/h5-6,8-9,13H,3-4,7H2,1-2H3. The average Bonchev–Trinajstić information content (AvgIpc) is 2.21. The first-order valence-electron chi connectivity index (χ1n) is 5.10. The molecule has 1 heterocycles. The van der Waals surface area contributed by atoms with E-state index in [1.165, 1.54) is 12.3 Å². The number of pyridine rings is 1. The predicted octanol–water partition coefficient (Wildman–Crippen LogP) is 2.32. The maximum absolute atomic E-state index is 12.6. The molecule has 1 atom stereocenters. The van der Waals surface area contributed by atoms with Gasteiger partial charge in [-0.2, -0.15) is 0 Å². The molecule has 0 spiro atoms. The molecule has 1 rings (SSSR count). The highest BCUT2D eigenvalue weighted by molar-refractivity contribution is 5.10. The lowest BCUT2D eigenvalue weighted by Crippen LogP contribution is -2.21. The minimum atomic E-state index is -0.271. The average molecular weight is 196 g/mol. The highest BCUT2D eigenvalue weighted by atomic mass is 19.1. The fraction of sp³-hybridized carbons (Fsp3) is 0.545. The van der Waals surface area contributed by atoms with Crippen LogP contribution in [0.25, 0.3) is 0 Å². The van der Waals surface area contributed by atoms with Crippen molar-refractivity contribution in [3.63, 3.8) is 0 Å². The van der Waals surface area contributed by atoms with Gasteiger partial charge < -0.3 is 5.32 Å². The summed E-state index contributed by atoms with van der Waals surface area (Å²) in [5, 5.41) is 3.28. The van der Waals surface area contributed by atoms with Gasteiger partial charge in [-0.1, -0.05) is 13.8 Å². The van der Waals surface area contributed by atoms with Gasteiger partial charge in [-0.25, -0.2) is 4.39 Å². The Hall–Kier alpha value is -0.960. The van der Waals surface area contributed by atoms with Gasteiger partial charge in [0.1, 0.15) is 5.82 Å². The molecule has 1 unspecified atom stereocenters. The number of halogens is 1. The summed E-state index contributed by atoms with van der Waals surface area (Å²) < 4.78 is 12.6. The van der Waals surface area contributed by atoms with E-state index >= 15 is 0 Å². The molecule has 0 saturated heterocycles. The third-order valence-corrected chi connectivity index (χ3v) is 2.30. The summed E-state index contributed by atoms with van der Waals surface area (Å²) in [5.41, 5.74) is 0.967. The Morgan fingerprint density at radius 1 is 1.43 bits per heavy atom. The Kier molecular flexibility index (Phi) is 4.53. The highest BCUT2D eigenvalue weighted by Gasteiger charge is 2.09. The Bertz CT molecular complexity index is 258. The summed E-state index contributed by atoms with van der Waals surface area (Å²) >= 11 is 0. The van der Waals surface area contributed by atoms with Gasteiger partial charge in [-0.15, -0.1) is 0 Å². The number of likely N-dealkylation sites (N-methyl/N-ethyl adjacent to an activating group) is 1. The van der Waals surface area contributed by atoms with Crippen LogP contribution in [0.15, 0.2) is 18.3 Å². The largest absolute Gasteiger partial charge is 0.316 e. The maximum Gasteiger partial charge on any atom is 0.141 e. The van der Waals surface area contributed by atoms with Gasteiger partial charge >= 0.3 is 0 Å². The molecular formula is C11H17FN2. The topological polar surface area (TPSA) is 24.9 Å². The minimum Gasteiger partial charge on any atom is -0.316 e. The molecule has 0 aliphatic carbocycles. The molecule has 2 nitrogen and oxygen atoms in total. The highest BCUT2D eigenvalue weighted by Crippen LogP contribution is 2.15. The molecule has 0 saturated carbocycles. The van der Waals surface area contributed by atoms with Crippen molar-refractivity contribution in [2.45, 2.75) is 26.2 Å². The summed E-state index contributed by atoms with van der Waals surface area (Å²) in [4.78, 5) is 4.09. The molecule has 0 aromatic carbocycles. The third-order valence-electron chi connectivity index (χ3n) is 2.30. The minimum absolute atomic E-state index is 0.271. The molecule has 78 valence electrons. The molecule has 0 amide bonds. The molecule has 3 heteroatoms. The Morgan fingerprint density at radius 2 is 2.21 bits per heavy atom. The zero-order valence-electron chi connectivity index (χ0n) is 8.76. The van der Waals surface area contributed by atoms with Crippen LogP contribution in [0.3, 0.4) is 0 Å². The molecule has 0 aliphatic heterocycles. The number of rotatable bonds is 5. The van der Waals surface area contributed by atoms with E-state index in [2.05, 4.69) is 24.1 Å². The van der Waals surface area contributed by atoms with E-state index in [9.17, 15) is 4.39 Å². The predicted molar refractivity (Wildman–Crippen MR) is 55.8 cm³/mol. The van der Waals surface area contributed by atoms with Gasteiger partial charge in [0.15, 0.2) is 0 Å². The van der Waals surface area contributed by atoms with Crippen LogP contribution in [-0.2, 0) is 0 Å². The van der Waals surface area contributed by atoms with Crippen LogP contribution in [0, 0.1) is 5.82 Å². The van der Waals surface area contributed by atoms with Gasteiger partial charge in [-0.3, -0.25) is 4.98 Å². The summed E-state index contributed by atoms with van der Waals surface area (Å²) in [6.45, 7) is 6.06. The lowest BCUT2D eigenvalue weighted by Gasteiger charge is -2.14. The van der Waals surface area contributed by atoms with Crippen molar-refractivity contribution in [1.29, 1.82) is 0 Å². The fourth-order valence-electron chi connectivity index (χ4n) is 1.41. The van der Waals surface area contributed by atoms with Gasteiger partial charge in [0.25, 0.3) is 0 Å². The normalized spacial score (nSPS) is 12.8. The van der Waals surface area contributed by atoms with E-state index in [4.69, 9.17) is 0 Å². The fourth-order valence-corrected chi connectivity index (χ4v) is 1.41. The van der Waals surface area contributed by atoms with Crippen LogP contribution < -0.4 is 5.32 Å². The van der Waals surface area contributed by atoms with Crippen LogP contribution in [-0.4, -0.2) is 18.1 Å². The molecule has 1 aromatic heterocycles. The molecule has 0 radical (unpaired) electrons. The number of aromatic nitrogens is 1. The van der Waals surface area contributed by atoms with Crippen molar-refractivity contribution in [1.82, 2.24) is 10.3 Å². The monoisotopic (exact) mass is 196 g/mol. The molecule has 0 aliphatic rings. The first-order valence-corrected chi connectivity index (χ1v) is 5.10. The van der Waals surface area contributed by atoms with E-state index in [0.29, 0.717) is 5.92 Å². The van der Waals surface area contributed by atoms with E-state index in [0.717, 1.165) is 25.2 Å². The van der Waals surface area contributed by atoms with E-state index in [1.807, 2.05) is 0 Å². The quantitative estimate of drug-likeness (QED) is 0.781. The van der Waals surface area contributed by atoms with E-state index in [1.54, 1.807) is 6.07 Å². The van der Waals surface area contributed by atoms with Crippen LogP contribution in [0.2, 0.25) is 0 Å². The number of hydrogen-bond donors (Lipinski definition) is 1. The first kappa shape index (κ1) is 11.1. The Morgan fingerprint density at radius 3 is 2.71 bits per heavy atom. The van der Waals surface area contributed by atoms with Gasteiger partial charge in [0.2, 0.25) is 0 Å². The van der Waals surface area contributed by atoms with Crippen molar-refractivity contribution < 1.29 is 4.39 Å². The lowest BCUT2D eigenvalue weighted by molar-refractivity contribution is 0.564. The summed E-state index contributed by atoms with van der Waals surface area (Å²) in [7, 11) is 0. The van der Waals surface area contributed by atoms with Crippen molar-refractivity contribution >= 4 is 0 Å². The van der Waals surface area contributed by atoms with Crippen molar-refractivity contribution in [3.05, 3.63) is 29.8 Å².